The lowest BCUT2D eigenvalue weighted by atomic mass is 9.85. The molecule has 0 radical (unpaired) electrons. The first-order chi connectivity index (χ1) is 11.6. The second kappa shape index (κ2) is 6.11. The summed E-state index contributed by atoms with van der Waals surface area (Å²) in [6.45, 7) is 0. The molecule has 0 aliphatic heterocycles. The number of imidazole rings is 1. The number of hydrogen-bond acceptors (Lipinski definition) is 3. The van der Waals surface area contributed by atoms with E-state index < -0.39 is 0 Å². The largest absolute Gasteiger partial charge is 0.376 e. The van der Waals surface area contributed by atoms with Gasteiger partial charge in [-0.15, -0.1) is 0 Å². The summed E-state index contributed by atoms with van der Waals surface area (Å²) in [5.41, 5.74) is 3.90. The Morgan fingerprint density at radius 3 is 2.54 bits per heavy atom. The minimum Gasteiger partial charge on any atom is -0.376 e. The zero-order chi connectivity index (χ0) is 16.7. The van der Waals surface area contributed by atoms with Crippen molar-refractivity contribution in [1.29, 1.82) is 0 Å². The van der Waals surface area contributed by atoms with Crippen LogP contribution in [0, 0.1) is 5.92 Å². The summed E-state index contributed by atoms with van der Waals surface area (Å²) in [6, 6.07) is 4.13. The highest BCUT2D eigenvalue weighted by Gasteiger charge is 2.26. The lowest BCUT2D eigenvalue weighted by Crippen LogP contribution is -2.28. The molecule has 24 heavy (non-hydrogen) atoms. The number of aromatic amines is 1. The molecule has 1 heterocycles. The van der Waals surface area contributed by atoms with Crippen molar-refractivity contribution in [3.05, 3.63) is 18.0 Å². The monoisotopic (exact) mass is 326 g/mol. The standard InChI is InChI=1S/C19H26N4O/c1-23(2)17-11-15-14(20-18(21-15)12-6-3-4-7-12)10-16(17)22-19(24)13-8-5-9-13/h10-13H,3-9H2,1-2H3,(H,20,21)(H,22,24). The van der Waals surface area contributed by atoms with Gasteiger partial charge in [0.2, 0.25) is 5.91 Å². The summed E-state index contributed by atoms with van der Waals surface area (Å²) in [6.07, 6.45) is 8.25. The molecule has 2 fully saturated rings. The molecule has 2 aliphatic carbocycles. The molecule has 2 aromatic rings. The predicted octanol–water partition coefficient (Wildman–Crippen LogP) is 4.03. The number of amides is 1. The van der Waals surface area contributed by atoms with Gasteiger partial charge in [0.05, 0.1) is 22.4 Å². The van der Waals surface area contributed by atoms with Crippen LogP contribution in [0.2, 0.25) is 0 Å². The highest BCUT2D eigenvalue weighted by molar-refractivity contribution is 5.99. The van der Waals surface area contributed by atoms with Crippen LogP contribution in [0.3, 0.4) is 0 Å². The molecule has 0 saturated heterocycles. The maximum absolute atomic E-state index is 12.4. The molecule has 0 unspecified atom stereocenters. The van der Waals surface area contributed by atoms with E-state index in [9.17, 15) is 4.79 Å². The summed E-state index contributed by atoms with van der Waals surface area (Å²) < 4.78 is 0. The van der Waals surface area contributed by atoms with Crippen molar-refractivity contribution in [2.24, 2.45) is 5.92 Å². The van der Waals surface area contributed by atoms with Crippen LogP contribution in [-0.4, -0.2) is 30.0 Å². The van der Waals surface area contributed by atoms with E-state index in [2.05, 4.69) is 16.4 Å². The normalized spacial score (nSPS) is 18.8. The molecule has 0 spiro atoms. The molecular formula is C19H26N4O. The van der Waals surface area contributed by atoms with Crippen molar-refractivity contribution in [3.8, 4) is 0 Å². The molecule has 2 saturated carbocycles. The first kappa shape index (κ1) is 15.5. The third-order valence-corrected chi connectivity index (χ3v) is 5.58. The summed E-state index contributed by atoms with van der Waals surface area (Å²) in [4.78, 5) is 22.7. The Labute approximate surface area is 142 Å². The Morgan fingerprint density at radius 2 is 1.92 bits per heavy atom. The topological polar surface area (TPSA) is 61.0 Å². The van der Waals surface area contributed by atoms with E-state index in [1.807, 2.05) is 25.1 Å². The van der Waals surface area contributed by atoms with E-state index >= 15 is 0 Å². The molecule has 0 bridgehead atoms. The molecular weight excluding hydrogens is 300 g/mol. The molecule has 4 rings (SSSR count). The predicted molar refractivity (Wildman–Crippen MR) is 97.6 cm³/mol. The maximum atomic E-state index is 12.4. The van der Waals surface area contributed by atoms with Gasteiger partial charge in [0.25, 0.3) is 0 Å². The Kier molecular flexibility index (Phi) is 3.94. The van der Waals surface area contributed by atoms with E-state index in [0.29, 0.717) is 5.92 Å². The van der Waals surface area contributed by atoms with Crippen LogP contribution in [0.1, 0.15) is 56.7 Å². The van der Waals surface area contributed by atoms with Crippen molar-refractivity contribution >= 4 is 28.3 Å². The van der Waals surface area contributed by atoms with Crippen molar-refractivity contribution in [3.63, 3.8) is 0 Å². The third-order valence-electron chi connectivity index (χ3n) is 5.58. The van der Waals surface area contributed by atoms with Crippen molar-refractivity contribution in [2.75, 3.05) is 24.3 Å². The van der Waals surface area contributed by atoms with Crippen LogP contribution >= 0.6 is 0 Å². The molecule has 128 valence electrons. The molecule has 1 amide bonds. The summed E-state index contributed by atoms with van der Waals surface area (Å²) in [7, 11) is 4.01. The van der Waals surface area contributed by atoms with Gasteiger partial charge < -0.3 is 15.2 Å². The lowest BCUT2D eigenvalue weighted by molar-refractivity contribution is -0.122. The van der Waals surface area contributed by atoms with Gasteiger partial charge in [0.1, 0.15) is 5.82 Å². The number of H-pyrrole nitrogens is 1. The average molecular weight is 326 g/mol. The number of carbonyl (C=O) groups excluding carboxylic acids is 1. The Balaban J connectivity index is 1.68. The molecule has 5 nitrogen and oxygen atoms in total. The fourth-order valence-electron chi connectivity index (χ4n) is 3.83. The molecule has 2 N–H and O–H groups in total. The first-order valence-electron chi connectivity index (χ1n) is 9.13. The number of benzene rings is 1. The third kappa shape index (κ3) is 2.76. The average Bonchev–Trinajstić information content (AvgIpc) is 3.12. The van der Waals surface area contributed by atoms with Crippen LogP contribution in [0.5, 0.6) is 0 Å². The zero-order valence-corrected chi connectivity index (χ0v) is 14.6. The highest BCUT2D eigenvalue weighted by atomic mass is 16.1. The minimum atomic E-state index is 0.152. The Bertz CT molecular complexity index is 754. The maximum Gasteiger partial charge on any atom is 0.227 e. The van der Waals surface area contributed by atoms with Crippen LogP contribution in [0.15, 0.2) is 12.1 Å². The SMILES string of the molecule is CN(C)c1cc2nc(C3CCCC3)[nH]c2cc1NC(=O)C1CCC1. The van der Waals surface area contributed by atoms with Gasteiger partial charge in [-0.3, -0.25) is 4.79 Å². The number of carbonyl (C=O) groups is 1. The molecule has 1 aromatic carbocycles. The second-order valence-electron chi connectivity index (χ2n) is 7.50. The van der Waals surface area contributed by atoms with Crippen LogP contribution in [0.4, 0.5) is 11.4 Å². The quantitative estimate of drug-likeness (QED) is 0.892. The van der Waals surface area contributed by atoms with Gasteiger partial charge in [-0.2, -0.15) is 0 Å². The van der Waals surface area contributed by atoms with Crippen LogP contribution < -0.4 is 10.2 Å². The number of fused-ring (bicyclic) bond motifs is 1. The molecule has 2 aliphatic rings. The minimum absolute atomic E-state index is 0.152. The first-order valence-corrected chi connectivity index (χ1v) is 9.13. The number of aromatic nitrogens is 2. The lowest BCUT2D eigenvalue weighted by Gasteiger charge is -2.25. The number of anilines is 2. The van der Waals surface area contributed by atoms with E-state index in [0.717, 1.165) is 41.1 Å². The Hall–Kier alpha value is -2.04. The summed E-state index contributed by atoms with van der Waals surface area (Å²) in [5.74, 6) is 2.01. The van der Waals surface area contributed by atoms with Crippen molar-refractivity contribution < 1.29 is 4.79 Å². The second-order valence-corrected chi connectivity index (χ2v) is 7.50. The van der Waals surface area contributed by atoms with Crippen molar-refractivity contribution in [2.45, 2.75) is 50.9 Å². The molecule has 1 aromatic heterocycles. The number of nitrogens with zero attached hydrogens (tertiary/aromatic N) is 2. The van der Waals surface area contributed by atoms with Gasteiger partial charge in [0.15, 0.2) is 0 Å². The fraction of sp³-hybridized carbons (Fsp3) is 0.579. The van der Waals surface area contributed by atoms with E-state index in [4.69, 9.17) is 4.98 Å². The number of rotatable bonds is 4. The van der Waals surface area contributed by atoms with Gasteiger partial charge in [0, 0.05) is 25.9 Å². The van der Waals surface area contributed by atoms with E-state index in [1.54, 1.807) is 0 Å². The van der Waals surface area contributed by atoms with Crippen LogP contribution in [-0.2, 0) is 4.79 Å². The number of nitrogens with one attached hydrogen (secondary N) is 2. The number of hydrogen-bond donors (Lipinski definition) is 2. The Morgan fingerprint density at radius 1 is 1.17 bits per heavy atom. The molecule has 0 atom stereocenters. The van der Waals surface area contributed by atoms with Crippen LogP contribution in [0.25, 0.3) is 11.0 Å². The van der Waals surface area contributed by atoms with Gasteiger partial charge in [-0.1, -0.05) is 19.3 Å². The molecule has 5 heteroatoms. The van der Waals surface area contributed by atoms with Gasteiger partial charge in [-0.25, -0.2) is 4.98 Å². The summed E-state index contributed by atoms with van der Waals surface area (Å²) in [5, 5.41) is 3.14. The van der Waals surface area contributed by atoms with E-state index in [1.165, 1.54) is 32.1 Å². The summed E-state index contributed by atoms with van der Waals surface area (Å²) >= 11 is 0. The van der Waals surface area contributed by atoms with E-state index in [-0.39, 0.29) is 11.8 Å². The fourth-order valence-corrected chi connectivity index (χ4v) is 3.83. The zero-order valence-electron chi connectivity index (χ0n) is 14.6. The smallest absolute Gasteiger partial charge is 0.227 e. The van der Waals surface area contributed by atoms with Crippen molar-refractivity contribution in [1.82, 2.24) is 9.97 Å². The highest BCUT2D eigenvalue weighted by Crippen LogP contribution is 2.36. The van der Waals surface area contributed by atoms with Gasteiger partial charge >= 0.3 is 0 Å². The van der Waals surface area contributed by atoms with Gasteiger partial charge in [-0.05, 0) is 37.8 Å².